The molecule has 0 saturated carbocycles. The third-order valence-corrected chi connectivity index (χ3v) is 2.73. The first-order valence-corrected chi connectivity index (χ1v) is 5.46. The predicted molar refractivity (Wildman–Crippen MR) is 59.3 cm³/mol. The fourth-order valence-electron chi connectivity index (χ4n) is 1.13. The lowest BCUT2D eigenvalue weighted by atomic mass is 10.2. The van der Waals surface area contributed by atoms with E-state index in [1.165, 1.54) is 0 Å². The van der Waals surface area contributed by atoms with Gasteiger partial charge in [-0.25, -0.2) is 8.78 Å². The number of rotatable bonds is 3. The van der Waals surface area contributed by atoms with Gasteiger partial charge >= 0.3 is 0 Å². The summed E-state index contributed by atoms with van der Waals surface area (Å²) in [5.74, 6) is -0.400. The molecule has 1 N–H and O–H groups in total. The molecule has 2 rings (SSSR count). The summed E-state index contributed by atoms with van der Waals surface area (Å²) in [6, 6.07) is 8.42. The number of nitrogens with zero attached hydrogens (tertiary/aromatic N) is 2. The summed E-state index contributed by atoms with van der Waals surface area (Å²) < 4.78 is 24.5. The molecular weight excluding hydrogens is 248 g/mol. The Balaban J connectivity index is 2.08. The Morgan fingerprint density at radius 2 is 1.94 bits per heavy atom. The molecule has 1 heterocycles. The van der Waals surface area contributed by atoms with Crippen molar-refractivity contribution in [2.45, 2.75) is 6.43 Å². The van der Waals surface area contributed by atoms with Gasteiger partial charge in [-0.1, -0.05) is 29.5 Å². The predicted octanol–water partition coefficient (Wildman–Crippen LogP) is 2.73. The number of anilines is 1. The number of halogens is 2. The monoisotopic (exact) mass is 255 g/mol. The lowest BCUT2D eigenvalue weighted by Gasteiger charge is -1.99. The lowest BCUT2D eigenvalue weighted by molar-refractivity contribution is 0.102. The minimum Gasteiger partial charge on any atom is -0.296 e. The van der Waals surface area contributed by atoms with Crippen molar-refractivity contribution >= 4 is 22.4 Å². The molecule has 17 heavy (non-hydrogen) atoms. The molecule has 0 radical (unpaired) electrons. The number of amides is 1. The second-order valence-electron chi connectivity index (χ2n) is 3.07. The van der Waals surface area contributed by atoms with Gasteiger partial charge in [-0.3, -0.25) is 10.1 Å². The summed E-state index contributed by atoms with van der Waals surface area (Å²) in [7, 11) is 0. The van der Waals surface area contributed by atoms with E-state index in [0.29, 0.717) is 16.9 Å². The van der Waals surface area contributed by atoms with E-state index >= 15 is 0 Å². The molecule has 0 atom stereocenters. The van der Waals surface area contributed by atoms with E-state index in [4.69, 9.17) is 0 Å². The van der Waals surface area contributed by atoms with Gasteiger partial charge in [-0.05, 0) is 12.1 Å². The average Bonchev–Trinajstić information content (AvgIpc) is 2.79. The maximum atomic E-state index is 12.2. The summed E-state index contributed by atoms with van der Waals surface area (Å²) in [6.45, 7) is 0. The van der Waals surface area contributed by atoms with Crippen molar-refractivity contribution in [2.24, 2.45) is 0 Å². The van der Waals surface area contributed by atoms with Crippen LogP contribution in [0.15, 0.2) is 30.3 Å². The number of carbonyl (C=O) groups excluding carboxylic acids is 1. The summed E-state index contributed by atoms with van der Waals surface area (Å²) in [6.07, 6.45) is -2.67. The van der Waals surface area contributed by atoms with Crippen molar-refractivity contribution in [1.29, 1.82) is 0 Å². The molecular formula is C10H7F2N3OS. The topological polar surface area (TPSA) is 54.9 Å². The van der Waals surface area contributed by atoms with Gasteiger partial charge in [-0.2, -0.15) is 0 Å². The summed E-state index contributed by atoms with van der Waals surface area (Å²) in [5, 5.41) is 8.79. The zero-order chi connectivity index (χ0) is 12.3. The Morgan fingerprint density at radius 3 is 2.53 bits per heavy atom. The Hall–Kier alpha value is -1.89. The van der Waals surface area contributed by atoms with Crippen LogP contribution in [0.2, 0.25) is 0 Å². The van der Waals surface area contributed by atoms with Crippen LogP contribution < -0.4 is 5.32 Å². The van der Waals surface area contributed by atoms with E-state index in [2.05, 4.69) is 15.5 Å². The Bertz CT molecular complexity index is 515. The van der Waals surface area contributed by atoms with Crippen molar-refractivity contribution in [1.82, 2.24) is 10.2 Å². The molecule has 0 bridgehead atoms. The maximum Gasteiger partial charge on any atom is 0.291 e. The molecule has 0 unspecified atom stereocenters. The molecule has 0 aliphatic carbocycles. The van der Waals surface area contributed by atoms with Crippen LogP contribution in [-0.2, 0) is 0 Å². The van der Waals surface area contributed by atoms with Gasteiger partial charge in [0.2, 0.25) is 5.13 Å². The van der Waals surface area contributed by atoms with E-state index in [1.54, 1.807) is 30.3 Å². The lowest BCUT2D eigenvalue weighted by Crippen LogP contribution is -2.11. The molecule has 88 valence electrons. The van der Waals surface area contributed by atoms with Gasteiger partial charge < -0.3 is 0 Å². The quantitative estimate of drug-likeness (QED) is 0.917. The molecule has 0 saturated heterocycles. The summed E-state index contributed by atoms with van der Waals surface area (Å²) in [5.41, 5.74) is 0.432. The first-order valence-electron chi connectivity index (χ1n) is 4.65. The zero-order valence-electron chi connectivity index (χ0n) is 8.43. The molecule has 0 aliphatic rings. The smallest absolute Gasteiger partial charge is 0.291 e. The number of aromatic nitrogens is 2. The van der Waals surface area contributed by atoms with Crippen molar-refractivity contribution in [3.63, 3.8) is 0 Å². The van der Waals surface area contributed by atoms with Crippen LogP contribution in [0.1, 0.15) is 21.8 Å². The third-order valence-electron chi connectivity index (χ3n) is 1.88. The van der Waals surface area contributed by atoms with E-state index in [-0.39, 0.29) is 5.13 Å². The first kappa shape index (κ1) is 11.6. The molecule has 7 heteroatoms. The Kier molecular flexibility index (Phi) is 3.38. The molecule has 0 fully saturated rings. The van der Waals surface area contributed by atoms with E-state index < -0.39 is 17.3 Å². The van der Waals surface area contributed by atoms with Crippen LogP contribution >= 0.6 is 11.3 Å². The SMILES string of the molecule is O=C(Nc1nnc(C(F)F)s1)c1ccccc1. The van der Waals surface area contributed by atoms with Crippen LogP contribution in [0.4, 0.5) is 13.9 Å². The molecule has 0 aliphatic heterocycles. The minimum absolute atomic E-state index is 0.0640. The second kappa shape index (κ2) is 4.96. The summed E-state index contributed by atoms with van der Waals surface area (Å²) in [4.78, 5) is 11.6. The molecule has 2 aromatic rings. The highest BCUT2D eigenvalue weighted by atomic mass is 32.1. The van der Waals surface area contributed by atoms with Gasteiger partial charge in [-0.15, -0.1) is 10.2 Å². The largest absolute Gasteiger partial charge is 0.296 e. The highest BCUT2D eigenvalue weighted by molar-refractivity contribution is 7.15. The molecule has 0 spiro atoms. The number of hydrogen-bond donors (Lipinski definition) is 1. The van der Waals surface area contributed by atoms with Crippen molar-refractivity contribution in [3.05, 3.63) is 40.9 Å². The van der Waals surface area contributed by atoms with Crippen molar-refractivity contribution < 1.29 is 13.6 Å². The van der Waals surface area contributed by atoms with Crippen molar-refractivity contribution in [2.75, 3.05) is 5.32 Å². The minimum atomic E-state index is -2.67. The van der Waals surface area contributed by atoms with E-state index in [1.807, 2.05) is 0 Å². The Labute approximate surface area is 99.3 Å². The normalized spacial score (nSPS) is 10.5. The van der Waals surface area contributed by atoms with Gasteiger partial charge in [0, 0.05) is 5.56 Å². The van der Waals surface area contributed by atoms with Crippen LogP contribution in [0.25, 0.3) is 0 Å². The number of alkyl halides is 2. The standard InChI is InChI=1S/C10H7F2N3OS/c11-7(12)9-14-15-10(17-9)13-8(16)6-4-2-1-3-5-6/h1-5,7H,(H,13,15,16). The van der Waals surface area contributed by atoms with E-state index in [0.717, 1.165) is 0 Å². The number of hydrogen-bond acceptors (Lipinski definition) is 4. The van der Waals surface area contributed by atoms with Crippen LogP contribution in [-0.4, -0.2) is 16.1 Å². The molecule has 1 amide bonds. The Morgan fingerprint density at radius 1 is 1.24 bits per heavy atom. The van der Waals surface area contributed by atoms with Gasteiger partial charge in [0.1, 0.15) is 0 Å². The first-order chi connectivity index (χ1) is 8.16. The molecule has 1 aromatic heterocycles. The second-order valence-corrected chi connectivity index (χ2v) is 4.08. The molecule has 4 nitrogen and oxygen atoms in total. The maximum absolute atomic E-state index is 12.2. The highest BCUT2D eigenvalue weighted by Gasteiger charge is 2.15. The third kappa shape index (κ3) is 2.82. The van der Waals surface area contributed by atoms with E-state index in [9.17, 15) is 13.6 Å². The highest BCUT2D eigenvalue weighted by Crippen LogP contribution is 2.25. The molecule has 1 aromatic carbocycles. The fourth-order valence-corrected chi connectivity index (χ4v) is 1.73. The van der Waals surface area contributed by atoms with Crippen LogP contribution in [0.5, 0.6) is 0 Å². The number of carbonyl (C=O) groups is 1. The van der Waals surface area contributed by atoms with Gasteiger partial charge in [0.25, 0.3) is 12.3 Å². The average molecular weight is 255 g/mol. The van der Waals surface area contributed by atoms with Crippen molar-refractivity contribution in [3.8, 4) is 0 Å². The zero-order valence-corrected chi connectivity index (χ0v) is 9.25. The van der Waals surface area contributed by atoms with Crippen LogP contribution in [0.3, 0.4) is 0 Å². The number of benzene rings is 1. The number of nitrogens with one attached hydrogen (secondary N) is 1. The van der Waals surface area contributed by atoms with Gasteiger partial charge in [0.15, 0.2) is 5.01 Å². The fraction of sp³-hybridized carbons (Fsp3) is 0.100. The van der Waals surface area contributed by atoms with Gasteiger partial charge in [0.05, 0.1) is 0 Å². The van der Waals surface area contributed by atoms with Crippen LogP contribution in [0, 0.1) is 0 Å². The summed E-state index contributed by atoms with van der Waals surface area (Å²) >= 11 is 0.660.